The van der Waals surface area contributed by atoms with Crippen molar-refractivity contribution in [2.75, 3.05) is 13.2 Å². The van der Waals surface area contributed by atoms with Crippen molar-refractivity contribution >= 4 is 11.8 Å². The maximum absolute atomic E-state index is 13.6. The van der Waals surface area contributed by atoms with Crippen LogP contribution in [0.1, 0.15) is 40.3 Å². The Balaban J connectivity index is 1.92. The highest BCUT2D eigenvalue weighted by molar-refractivity contribution is 5.88. The van der Waals surface area contributed by atoms with Crippen molar-refractivity contribution in [3.8, 4) is 5.75 Å². The average Bonchev–Trinajstić information content (AvgIpc) is 2.83. The molecule has 2 amide bonds. The molecular formula is C30H36N2O3. The predicted octanol–water partition coefficient (Wildman–Crippen LogP) is 5.08. The number of nitrogens with zero attached hydrogens (tertiary/aromatic N) is 1. The fraction of sp³-hybridized carbons (Fsp3) is 0.333. The van der Waals surface area contributed by atoms with Crippen LogP contribution in [0.5, 0.6) is 5.75 Å². The minimum Gasteiger partial charge on any atom is -0.483 e. The van der Waals surface area contributed by atoms with Crippen LogP contribution in [0.4, 0.5) is 0 Å². The van der Waals surface area contributed by atoms with Crippen molar-refractivity contribution in [2.24, 2.45) is 0 Å². The van der Waals surface area contributed by atoms with Crippen LogP contribution < -0.4 is 10.1 Å². The maximum Gasteiger partial charge on any atom is 0.261 e. The molecule has 0 heterocycles. The molecule has 0 aliphatic carbocycles. The van der Waals surface area contributed by atoms with Gasteiger partial charge in [-0.05, 0) is 68.5 Å². The second kappa shape index (κ2) is 12.2. The molecule has 0 aliphatic rings. The summed E-state index contributed by atoms with van der Waals surface area (Å²) in [5.74, 6) is 0.307. The Morgan fingerprint density at radius 1 is 0.886 bits per heavy atom. The van der Waals surface area contributed by atoms with Gasteiger partial charge in [0.25, 0.3) is 5.91 Å². The fourth-order valence-corrected chi connectivity index (χ4v) is 4.23. The number of carbonyl (C=O) groups excluding carboxylic acids is 2. The highest BCUT2D eigenvalue weighted by Crippen LogP contribution is 2.24. The van der Waals surface area contributed by atoms with Gasteiger partial charge in [-0.1, -0.05) is 66.2 Å². The summed E-state index contributed by atoms with van der Waals surface area (Å²) >= 11 is 0. The van der Waals surface area contributed by atoms with E-state index in [2.05, 4.69) is 11.4 Å². The number of rotatable bonds is 10. The summed E-state index contributed by atoms with van der Waals surface area (Å²) in [6, 6.07) is 21.2. The standard InChI is InChI=1S/C30H36N2O3/c1-6-31-30(34)27(18-25-12-8-7-9-13-25)32(19-26-14-10-11-21(2)16-26)29(33)20-35-28-17-22(3)15-23(4)24(28)5/h7-17,27H,6,18-20H2,1-5H3,(H,31,34)/t27-/m0/s1. The first-order valence-corrected chi connectivity index (χ1v) is 12.2. The number of hydrogen-bond donors (Lipinski definition) is 1. The molecule has 3 aromatic rings. The Bertz CT molecular complexity index is 1160. The van der Waals surface area contributed by atoms with E-state index in [0.717, 1.165) is 33.4 Å². The van der Waals surface area contributed by atoms with Crippen LogP contribution in [0.15, 0.2) is 66.7 Å². The number of hydrogen-bond acceptors (Lipinski definition) is 3. The molecule has 184 valence electrons. The third-order valence-electron chi connectivity index (χ3n) is 6.17. The summed E-state index contributed by atoms with van der Waals surface area (Å²) in [6.45, 7) is 10.6. The molecule has 0 spiro atoms. The van der Waals surface area contributed by atoms with Gasteiger partial charge in [-0.15, -0.1) is 0 Å². The van der Waals surface area contributed by atoms with Crippen LogP contribution in [0.25, 0.3) is 0 Å². The number of carbonyl (C=O) groups is 2. The van der Waals surface area contributed by atoms with E-state index in [0.29, 0.717) is 25.3 Å². The van der Waals surface area contributed by atoms with Gasteiger partial charge in [-0.2, -0.15) is 0 Å². The fourth-order valence-electron chi connectivity index (χ4n) is 4.23. The molecule has 0 fully saturated rings. The van der Waals surface area contributed by atoms with E-state index in [1.165, 1.54) is 0 Å². The summed E-state index contributed by atoms with van der Waals surface area (Å²) in [4.78, 5) is 28.5. The number of amides is 2. The zero-order chi connectivity index (χ0) is 25.4. The highest BCUT2D eigenvalue weighted by atomic mass is 16.5. The van der Waals surface area contributed by atoms with E-state index < -0.39 is 6.04 Å². The smallest absolute Gasteiger partial charge is 0.261 e. The van der Waals surface area contributed by atoms with Crippen LogP contribution in [0.3, 0.4) is 0 Å². The minimum absolute atomic E-state index is 0.139. The van der Waals surface area contributed by atoms with E-state index in [4.69, 9.17) is 4.74 Å². The molecule has 0 aromatic heterocycles. The lowest BCUT2D eigenvalue weighted by atomic mass is 10.0. The first kappa shape index (κ1) is 26.0. The van der Waals surface area contributed by atoms with E-state index >= 15 is 0 Å². The molecule has 0 saturated carbocycles. The van der Waals surface area contributed by atoms with Gasteiger partial charge in [-0.25, -0.2) is 0 Å². The zero-order valence-electron chi connectivity index (χ0n) is 21.4. The maximum atomic E-state index is 13.6. The van der Waals surface area contributed by atoms with E-state index in [1.54, 1.807) is 4.90 Å². The molecular weight excluding hydrogens is 436 g/mol. The normalized spacial score (nSPS) is 11.6. The minimum atomic E-state index is -0.658. The molecule has 1 atom stereocenters. The first-order chi connectivity index (χ1) is 16.8. The number of nitrogens with one attached hydrogen (secondary N) is 1. The van der Waals surface area contributed by atoms with Crippen molar-refractivity contribution in [3.05, 3.63) is 100 Å². The topological polar surface area (TPSA) is 58.6 Å². The number of benzene rings is 3. The van der Waals surface area contributed by atoms with Gasteiger partial charge in [-0.3, -0.25) is 9.59 Å². The van der Waals surface area contributed by atoms with Crippen molar-refractivity contribution in [2.45, 2.75) is 53.6 Å². The van der Waals surface area contributed by atoms with Crippen molar-refractivity contribution in [1.82, 2.24) is 10.2 Å². The molecule has 35 heavy (non-hydrogen) atoms. The summed E-state index contributed by atoms with van der Waals surface area (Å²) in [5, 5.41) is 2.92. The van der Waals surface area contributed by atoms with Gasteiger partial charge >= 0.3 is 0 Å². The first-order valence-electron chi connectivity index (χ1n) is 12.2. The Hall–Kier alpha value is -3.60. The number of ether oxygens (including phenoxy) is 1. The van der Waals surface area contributed by atoms with Crippen LogP contribution in [0, 0.1) is 27.7 Å². The van der Waals surface area contributed by atoms with Crippen LogP contribution >= 0.6 is 0 Å². The summed E-state index contributed by atoms with van der Waals surface area (Å²) < 4.78 is 6.02. The summed E-state index contributed by atoms with van der Waals surface area (Å²) in [6.07, 6.45) is 0.423. The lowest BCUT2D eigenvalue weighted by Gasteiger charge is -2.31. The third kappa shape index (κ3) is 7.19. The quantitative estimate of drug-likeness (QED) is 0.448. The Morgan fingerprint density at radius 3 is 2.29 bits per heavy atom. The summed E-state index contributed by atoms with van der Waals surface area (Å²) in [5.41, 5.74) is 6.29. The third-order valence-corrected chi connectivity index (χ3v) is 6.17. The molecule has 0 unspecified atom stereocenters. The second-order valence-electron chi connectivity index (χ2n) is 9.10. The molecule has 3 aromatic carbocycles. The molecule has 0 aliphatic heterocycles. The van der Waals surface area contributed by atoms with Crippen molar-refractivity contribution in [3.63, 3.8) is 0 Å². The van der Waals surface area contributed by atoms with E-state index in [9.17, 15) is 9.59 Å². The van der Waals surface area contributed by atoms with E-state index in [1.807, 2.05) is 95.3 Å². The monoisotopic (exact) mass is 472 g/mol. The van der Waals surface area contributed by atoms with Crippen molar-refractivity contribution < 1.29 is 14.3 Å². The molecule has 1 N–H and O–H groups in total. The second-order valence-corrected chi connectivity index (χ2v) is 9.10. The number of likely N-dealkylation sites (N-methyl/N-ethyl adjacent to an activating group) is 1. The average molecular weight is 473 g/mol. The lowest BCUT2D eigenvalue weighted by Crippen LogP contribution is -2.51. The SMILES string of the molecule is CCNC(=O)[C@H](Cc1ccccc1)N(Cc1cccc(C)c1)C(=O)COc1cc(C)cc(C)c1C. The van der Waals surface area contributed by atoms with Crippen LogP contribution in [0.2, 0.25) is 0 Å². The van der Waals surface area contributed by atoms with Gasteiger partial charge < -0.3 is 15.0 Å². The Kier molecular flexibility index (Phi) is 9.07. The van der Waals surface area contributed by atoms with Gasteiger partial charge in [0.2, 0.25) is 5.91 Å². The molecule has 5 heteroatoms. The lowest BCUT2D eigenvalue weighted by molar-refractivity contribution is -0.142. The van der Waals surface area contributed by atoms with Crippen LogP contribution in [-0.2, 0) is 22.6 Å². The Labute approximate surface area is 209 Å². The summed E-state index contributed by atoms with van der Waals surface area (Å²) in [7, 11) is 0. The van der Waals surface area contributed by atoms with Crippen LogP contribution in [-0.4, -0.2) is 35.9 Å². The highest BCUT2D eigenvalue weighted by Gasteiger charge is 2.30. The zero-order valence-corrected chi connectivity index (χ0v) is 21.4. The number of aryl methyl sites for hydroxylation is 3. The predicted molar refractivity (Wildman–Crippen MR) is 140 cm³/mol. The molecule has 3 rings (SSSR count). The molecule has 0 saturated heterocycles. The Morgan fingerprint density at radius 2 is 1.60 bits per heavy atom. The van der Waals surface area contributed by atoms with Gasteiger partial charge in [0.15, 0.2) is 6.61 Å². The van der Waals surface area contributed by atoms with Crippen molar-refractivity contribution in [1.29, 1.82) is 0 Å². The van der Waals surface area contributed by atoms with Gasteiger partial charge in [0, 0.05) is 19.5 Å². The van der Waals surface area contributed by atoms with Gasteiger partial charge in [0.05, 0.1) is 0 Å². The van der Waals surface area contributed by atoms with E-state index in [-0.39, 0.29) is 18.4 Å². The molecule has 5 nitrogen and oxygen atoms in total. The largest absolute Gasteiger partial charge is 0.483 e. The molecule has 0 bridgehead atoms. The molecule has 0 radical (unpaired) electrons. The van der Waals surface area contributed by atoms with Gasteiger partial charge in [0.1, 0.15) is 11.8 Å².